The lowest BCUT2D eigenvalue weighted by Crippen LogP contribution is -2.26. The molecule has 1 aromatic heterocycles. The Morgan fingerprint density at radius 2 is 2.00 bits per heavy atom. The van der Waals surface area contributed by atoms with Gasteiger partial charge in [0.25, 0.3) is 0 Å². The van der Waals surface area contributed by atoms with Gasteiger partial charge in [-0.2, -0.15) is 0 Å². The molecular formula is C12H14FN3O2S2. The van der Waals surface area contributed by atoms with Crippen LogP contribution >= 0.6 is 11.3 Å². The van der Waals surface area contributed by atoms with Crippen molar-refractivity contribution in [3.8, 4) is 10.6 Å². The molecule has 0 radical (unpaired) electrons. The summed E-state index contributed by atoms with van der Waals surface area (Å²) in [4.78, 5) is 4.40. The predicted molar refractivity (Wildman–Crippen MR) is 77.2 cm³/mol. The standard InChI is InChI=1S/C12H14FN3O2S2/c13-10-3-1-9(2-4-10)12-16-11(8-19-12)7-15-5-6-20(14,17)18/h1-4,8,15H,5-7H2,(H2,14,17,18). The van der Waals surface area contributed by atoms with E-state index < -0.39 is 10.0 Å². The molecule has 0 aliphatic heterocycles. The fourth-order valence-electron chi connectivity index (χ4n) is 1.54. The van der Waals surface area contributed by atoms with Gasteiger partial charge in [-0.1, -0.05) is 0 Å². The first-order valence-corrected chi connectivity index (χ1v) is 8.45. The maximum Gasteiger partial charge on any atom is 0.210 e. The number of hydrogen-bond donors (Lipinski definition) is 2. The van der Waals surface area contributed by atoms with Gasteiger partial charge in [-0.25, -0.2) is 22.9 Å². The molecule has 8 heteroatoms. The Bertz CT molecular complexity index is 668. The van der Waals surface area contributed by atoms with Crippen LogP contribution in [0.2, 0.25) is 0 Å². The Morgan fingerprint density at radius 1 is 1.30 bits per heavy atom. The van der Waals surface area contributed by atoms with E-state index in [-0.39, 0.29) is 18.1 Å². The van der Waals surface area contributed by atoms with Crippen molar-refractivity contribution < 1.29 is 12.8 Å². The van der Waals surface area contributed by atoms with Gasteiger partial charge in [0.15, 0.2) is 0 Å². The summed E-state index contributed by atoms with van der Waals surface area (Å²) in [5, 5.41) is 10.5. The Kier molecular flexibility index (Phi) is 4.81. The van der Waals surface area contributed by atoms with Gasteiger partial charge in [0.2, 0.25) is 10.0 Å². The van der Waals surface area contributed by atoms with Gasteiger partial charge in [-0.15, -0.1) is 11.3 Å². The van der Waals surface area contributed by atoms with Crippen LogP contribution in [0.15, 0.2) is 29.6 Å². The smallest absolute Gasteiger partial charge is 0.210 e. The molecule has 2 rings (SSSR count). The Labute approximate surface area is 120 Å². The Balaban J connectivity index is 1.91. The highest BCUT2D eigenvalue weighted by Gasteiger charge is 2.06. The van der Waals surface area contributed by atoms with Crippen molar-refractivity contribution >= 4 is 21.4 Å². The fourth-order valence-corrected chi connectivity index (χ4v) is 2.80. The fraction of sp³-hybridized carbons (Fsp3) is 0.250. The highest BCUT2D eigenvalue weighted by Crippen LogP contribution is 2.23. The zero-order chi connectivity index (χ0) is 14.6. The number of aromatic nitrogens is 1. The molecule has 0 atom stereocenters. The third-order valence-electron chi connectivity index (χ3n) is 2.51. The zero-order valence-corrected chi connectivity index (χ0v) is 12.2. The molecule has 0 unspecified atom stereocenters. The van der Waals surface area contributed by atoms with Crippen LogP contribution in [0.4, 0.5) is 4.39 Å². The minimum absolute atomic E-state index is 0.109. The molecule has 0 spiro atoms. The van der Waals surface area contributed by atoms with Crippen LogP contribution in [0.25, 0.3) is 10.6 Å². The average Bonchev–Trinajstić information content (AvgIpc) is 2.83. The quantitative estimate of drug-likeness (QED) is 0.788. The second-order valence-corrected chi connectivity index (χ2v) is 6.79. The Morgan fingerprint density at radius 3 is 2.65 bits per heavy atom. The van der Waals surface area contributed by atoms with Crippen molar-refractivity contribution in [3.05, 3.63) is 41.2 Å². The molecular weight excluding hydrogens is 301 g/mol. The number of nitrogens with zero attached hydrogens (tertiary/aromatic N) is 1. The highest BCUT2D eigenvalue weighted by atomic mass is 32.2. The van der Waals surface area contributed by atoms with Crippen molar-refractivity contribution in [1.29, 1.82) is 0 Å². The molecule has 3 N–H and O–H groups in total. The molecule has 0 saturated heterocycles. The molecule has 0 aliphatic carbocycles. The van der Waals surface area contributed by atoms with E-state index in [9.17, 15) is 12.8 Å². The SMILES string of the molecule is NS(=O)(=O)CCNCc1csc(-c2ccc(F)cc2)n1. The van der Waals surface area contributed by atoms with Crippen molar-refractivity contribution in [3.63, 3.8) is 0 Å². The average molecular weight is 315 g/mol. The summed E-state index contributed by atoms with van der Waals surface area (Å²) >= 11 is 1.46. The molecule has 2 aromatic rings. The van der Waals surface area contributed by atoms with Crippen molar-refractivity contribution in [2.45, 2.75) is 6.54 Å². The normalized spacial score (nSPS) is 11.7. The number of hydrogen-bond acceptors (Lipinski definition) is 5. The summed E-state index contributed by atoms with van der Waals surface area (Å²) < 4.78 is 34.3. The largest absolute Gasteiger partial charge is 0.310 e. The monoisotopic (exact) mass is 315 g/mol. The molecule has 0 amide bonds. The summed E-state index contributed by atoms with van der Waals surface area (Å²) in [7, 11) is -3.44. The van der Waals surface area contributed by atoms with Crippen LogP contribution in [0.3, 0.4) is 0 Å². The lowest BCUT2D eigenvalue weighted by Gasteiger charge is -2.00. The van der Waals surface area contributed by atoms with Crippen LogP contribution < -0.4 is 10.5 Å². The second-order valence-electron chi connectivity index (χ2n) is 4.19. The summed E-state index contributed by atoms with van der Waals surface area (Å²) in [5.74, 6) is -0.391. The van der Waals surface area contributed by atoms with Crippen LogP contribution in [0.5, 0.6) is 0 Å². The number of nitrogens with one attached hydrogen (secondary N) is 1. The molecule has 20 heavy (non-hydrogen) atoms. The third kappa shape index (κ3) is 4.64. The highest BCUT2D eigenvalue weighted by molar-refractivity contribution is 7.89. The van der Waals surface area contributed by atoms with E-state index in [1.165, 1.54) is 23.5 Å². The molecule has 1 aromatic carbocycles. The molecule has 5 nitrogen and oxygen atoms in total. The maximum absolute atomic E-state index is 12.8. The Hall–Kier alpha value is -1.35. The van der Waals surface area contributed by atoms with Gasteiger partial charge < -0.3 is 5.32 Å². The van der Waals surface area contributed by atoms with Crippen molar-refractivity contribution in [2.75, 3.05) is 12.3 Å². The molecule has 0 bridgehead atoms. The summed E-state index contributed by atoms with van der Waals surface area (Å²) in [6.07, 6.45) is 0. The van der Waals surface area contributed by atoms with E-state index in [2.05, 4.69) is 10.3 Å². The van der Waals surface area contributed by atoms with Crippen LogP contribution in [-0.4, -0.2) is 25.7 Å². The van der Waals surface area contributed by atoms with Gasteiger partial charge in [-0.05, 0) is 24.3 Å². The number of nitrogens with two attached hydrogens (primary N) is 1. The number of benzene rings is 1. The predicted octanol–water partition coefficient (Wildman–Crippen LogP) is 1.33. The van der Waals surface area contributed by atoms with Crippen molar-refractivity contribution in [1.82, 2.24) is 10.3 Å². The third-order valence-corrected chi connectivity index (χ3v) is 4.23. The number of halogens is 1. The van der Waals surface area contributed by atoms with Crippen LogP contribution in [0, 0.1) is 5.82 Å². The molecule has 108 valence electrons. The number of thiazole rings is 1. The lowest BCUT2D eigenvalue weighted by molar-refractivity contribution is 0.592. The van der Waals surface area contributed by atoms with E-state index in [0.29, 0.717) is 6.54 Å². The van der Waals surface area contributed by atoms with E-state index in [1.54, 1.807) is 12.1 Å². The molecule has 0 saturated carbocycles. The molecule has 1 heterocycles. The van der Waals surface area contributed by atoms with Gasteiger partial charge in [0.05, 0.1) is 11.4 Å². The first kappa shape index (κ1) is 15.0. The molecule has 0 aliphatic rings. The minimum Gasteiger partial charge on any atom is -0.310 e. The summed E-state index contributed by atoms with van der Waals surface area (Å²) in [6, 6.07) is 6.13. The van der Waals surface area contributed by atoms with Gasteiger partial charge >= 0.3 is 0 Å². The topological polar surface area (TPSA) is 85.1 Å². The maximum atomic E-state index is 12.8. The lowest BCUT2D eigenvalue weighted by atomic mass is 10.2. The summed E-state index contributed by atoms with van der Waals surface area (Å²) in [6.45, 7) is 0.745. The minimum atomic E-state index is -3.44. The van der Waals surface area contributed by atoms with E-state index >= 15 is 0 Å². The van der Waals surface area contributed by atoms with Gasteiger partial charge in [-0.3, -0.25) is 0 Å². The van der Waals surface area contributed by atoms with Crippen LogP contribution in [0.1, 0.15) is 5.69 Å². The number of rotatable bonds is 6. The van der Waals surface area contributed by atoms with Gasteiger partial charge in [0.1, 0.15) is 10.8 Å². The van der Waals surface area contributed by atoms with Crippen LogP contribution in [-0.2, 0) is 16.6 Å². The molecule has 0 fully saturated rings. The van der Waals surface area contributed by atoms with Gasteiger partial charge in [0, 0.05) is 24.0 Å². The summed E-state index contributed by atoms with van der Waals surface area (Å²) in [5.41, 5.74) is 1.66. The zero-order valence-electron chi connectivity index (χ0n) is 10.5. The first-order chi connectivity index (χ1) is 9.44. The first-order valence-electron chi connectivity index (χ1n) is 5.85. The van der Waals surface area contributed by atoms with Crippen molar-refractivity contribution in [2.24, 2.45) is 5.14 Å². The van der Waals surface area contributed by atoms with E-state index in [1.807, 2.05) is 5.38 Å². The van der Waals surface area contributed by atoms with E-state index in [0.717, 1.165) is 16.3 Å². The second kappa shape index (κ2) is 6.40. The number of sulfonamides is 1. The van der Waals surface area contributed by atoms with E-state index in [4.69, 9.17) is 5.14 Å². The number of primary sulfonamides is 1.